The number of nitro groups is 1. The van der Waals surface area contributed by atoms with Gasteiger partial charge in [-0.1, -0.05) is 0 Å². The van der Waals surface area contributed by atoms with Crippen LogP contribution in [0.2, 0.25) is 0 Å². The van der Waals surface area contributed by atoms with Crippen molar-refractivity contribution in [1.29, 1.82) is 5.26 Å². The van der Waals surface area contributed by atoms with Gasteiger partial charge in [0, 0.05) is 17.8 Å². The summed E-state index contributed by atoms with van der Waals surface area (Å²) in [6, 6.07) is 3.77. The molecule has 1 amide bonds. The standard InChI is InChI=1S/C10H5F3N3O3S/c11-10(12,13)6-1-2-8-7(5-6)16(4-3-14,15(18)19)9(17)20-8/h1-2,5H,4H2/q+1. The zero-order valence-electron chi connectivity index (χ0n) is 9.55. The summed E-state index contributed by atoms with van der Waals surface area (Å²) in [6.07, 6.45) is -4.69. The van der Waals surface area contributed by atoms with Crippen LogP contribution < -0.4 is 4.59 Å². The second-order valence-electron chi connectivity index (χ2n) is 3.87. The van der Waals surface area contributed by atoms with Gasteiger partial charge in [-0.3, -0.25) is 0 Å². The maximum absolute atomic E-state index is 12.7. The Morgan fingerprint density at radius 1 is 1.45 bits per heavy atom. The predicted octanol–water partition coefficient (Wildman–Crippen LogP) is 2.95. The summed E-state index contributed by atoms with van der Waals surface area (Å²) in [5.74, 6) is 0. The second-order valence-corrected chi connectivity index (χ2v) is 4.86. The fourth-order valence-electron chi connectivity index (χ4n) is 1.80. The van der Waals surface area contributed by atoms with Crippen molar-refractivity contribution in [3.63, 3.8) is 0 Å². The maximum atomic E-state index is 12.7. The zero-order chi connectivity index (χ0) is 15.1. The molecule has 0 saturated heterocycles. The fourth-order valence-corrected chi connectivity index (χ4v) is 2.82. The minimum atomic E-state index is -4.69. The lowest BCUT2D eigenvalue weighted by molar-refractivity contribution is -0.615. The van der Waals surface area contributed by atoms with Gasteiger partial charge in [-0.05, 0) is 12.1 Å². The summed E-state index contributed by atoms with van der Waals surface area (Å²) in [7, 11) is 0. The Morgan fingerprint density at radius 2 is 2.10 bits per heavy atom. The van der Waals surface area contributed by atoms with Gasteiger partial charge < -0.3 is 0 Å². The maximum Gasteiger partial charge on any atom is 0.447 e. The number of benzene rings is 1. The van der Waals surface area contributed by atoms with E-state index in [1.165, 1.54) is 6.07 Å². The first kappa shape index (κ1) is 14.3. The van der Waals surface area contributed by atoms with Gasteiger partial charge in [0.25, 0.3) is 5.03 Å². The number of fused-ring (bicyclic) bond motifs is 1. The van der Waals surface area contributed by atoms with E-state index in [9.17, 15) is 28.1 Å². The van der Waals surface area contributed by atoms with Crippen LogP contribution in [0.4, 0.5) is 23.7 Å². The van der Waals surface area contributed by atoms with Gasteiger partial charge in [-0.15, -0.1) is 0 Å². The number of nitriles is 1. The molecule has 10 heteroatoms. The second kappa shape index (κ2) is 4.46. The number of halogens is 3. The van der Waals surface area contributed by atoms with Crippen LogP contribution in [0.25, 0.3) is 0 Å². The first-order valence-corrected chi connectivity index (χ1v) is 5.89. The van der Waals surface area contributed by atoms with Gasteiger partial charge in [0.05, 0.1) is 15.1 Å². The molecule has 0 saturated carbocycles. The lowest BCUT2D eigenvalue weighted by atomic mass is 10.1. The topological polar surface area (TPSA) is 84.0 Å². The van der Waals surface area contributed by atoms with Crippen LogP contribution in [0.5, 0.6) is 0 Å². The molecule has 1 unspecified atom stereocenters. The Morgan fingerprint density at radius 3 is 2.60 bits per heavy atom. The first-order valence-electron chi connectivity index (χ1n) is 5.07. The highest BCUT2D eigenvalue weighted by Gasteiger charge is 2.60. The Bertz CT molecular complexity index is 655. The van der Waals surface area contributed by atoms with Crippen molar-refractivity contribution in [2.45, 2.75) is 11.1 Å². The van der Waals surface area contributed by atoms with Gasteiger partial charge >= 0.3 is 11.4 Å². The highest BCUT2D eigenvalue weighted by Crippen LogP contribution is 2.47. The zero-order valence-corrected chi connectivity index (χ0v) is 10.4. The summed E-state index contributed by atoms with van der Waals surface area (Å²) in [4.78, 5) is 23.0. The third-order valence-corrected chi connectivity index (χ3v) is 3.80. The van der Waals surface area contributed by atoms with Crippen LogP contribution in [0.3, 0.4) is 0 Å². The number of amides is 1. The molecular formula is C10H5F3N3O3S+. The molecule has 1 aromatic rings. The quantitative estimate of drug-likeness (QED) is 0.363. The summed E-state index contributed by atoms with van der Waals surface area (Å²) in [6.45, 7) is -0.868. The lowest BCUT2D eigenvalue weighted by Gasteiger charge is -2.16. The Kier molecular flexibility index (Phi) is 3.19. The molecule has 1 atom stereocenters. The van der Waals surface area contributed by atoms with E-state index < -0.39 is 38.8 Å². The molecule has 20 heavy (non-hydrogen) atoms. The number of rotatable bonds is 2. The molecule has 104 valence electrons. The molecule has 0 fully saturated rings. The van der Waals surface area contributed by atoms with Crippen molar-refractivity contribution >= 4 is 22.7 Å². The van der Waals surface area contributed by atoms with E-state index in [0.29, 0.717) is 17.8 Å². The summed E-state index contributed by atoms with van der Waals surface area (Å²) >= 11 is 0.459. The molecule has 0 aliphatic carbocycles. The largest absolute Gasteiger partial charge is 0.447 e. The van der Waals surface area contributed by atoms with Crippen LogP contribution in [-0.2, 0) is 6.18 Å². The highest BCUT2D eigenvalue weighted by molar-refractivity contribution is 8.14. The molecule has 6 nitrogen and oxygen atoms in total. The van der Waals surface area contributed by atoms with E-state index in [4.69, 9.17) is 5.26 Å². The van der Waals surface area contributed by atoms with Crippen molar-refractivity contribution < 1.29 is 23.0 Å². The predicted molar refractivity (Wildman–Crippen MR) is 62.0 cm³/mol. The molecule has 1 aromatic carbocycles. The molecule has 1 aliphatic heterocycles. The minimum Gasteiger partial charge on any atom is -0.212 e. The fraction of sp³-hybridized carbons (Fsp3) is 0.200. The molecule has 1 aliphatic rings. The number of carbonyl (C=O) groups is 1. The molecule has 0 radical (unpaired) electrons. The number of hydrogen-bond donors (Lipinski definition) is 0. The third-order valence-electron chi connectivity index (χ3n) is 2.76. The van der Waals surface area contributed by atoms with Gasteiger partial charge in [0.2, 0.25) is 12.2 Å². The van der Waals surface area contributed by atoms with Gasteiger partial charge in [-0.2, -0.15) is 18.4 Å². The highest BCUT2D eigenvalue weighted by atomic mass is 32.2. The number of thioether (sulfide) groups is 1. The Labute approximate surface area is 114 Å². The average Bonchev–Trinajstić information content (AvgIpc) is 2.62. The molecule has 2 rings (SSSR count). The van der Waals surface area contributed by atoms with E-state index in [0.717, 1.165) is 12.1 Å². The van der Waals surface area contributed by atoms with Crippen LogP contribution >= 0.6 is 11.8 Å². The number of nitrogens with zero attached hydrogens (tertiary/aromatic N) is 3. The monoisotopic (exact) mass is 304 g/mol. The molecular weight excluding hydrogens is 299 g/mol. The van der Waals surface area contributed by atoms with E-state index in [-0.39, 0.29) is 4.90 Å². The summed E-state index contributed by atoms with van der Waals surface area (Å²) < 4.78 is 36.3. The number of alkyl halides is 3. The van der Waals surface area contributed by atoms with Crippen LogP contribution in [-0.4, -0.2) is 16.8 Å². The number of carbonyl (C=O) groups excluding carboxylic acids is 1. The van der Waals surface area contributed by atoms with E-state index >= 15 is 0 Å². The lowest BCUT2D eigenvalue weighted by Crippen LogP contribution is -2.55. The summed E-state index contributed by atoms with van der Waals surface area (Å²) in [5.41, 5.74) is -1.53. The Hall–Kier alpha value is -2.12. The first-order chi connectivity index (χ1) is 9.23. The van der Waals surface area contributed by atoms with Crippen molar-refractivity contribution in [2.24, 2.45) is 0 Å². The van der Waals surface area contributed by atoms with Gasteiger partial charge in [0.15, 0.2) is 0 Å². The molecule has 1 heterocycles. The number of hydrogen-bond acceptors (Lipinski definition) is 5. The van der Waals surface area contributed by atoms with Crippen molar-refractivity contribution in [3.05, 3.63) is 33.9 Å². The third kappa shape index (κ3) is 1.91. The minimum absolute atomic E-state index is 0.0509. The van der Waals surface area contributed by atoms with E-state index in [1.807, 2.05) is 0 Å². The van der Waals surface area contributed by atoms with Crippen LogP contribution in [0.15, 0.2) is 23.1 Å². The summed E-state index contributed by atoms with van der Waals surface area (Å²) in [5, 5.41) is 17.8. The average molecular weight is 304 g/mol. The van der Waals surface area contributed by atoms with Crippen LogP contribution in [0, 0.1) is 21.4 Å². The van der Waals surface area contributed by atoms with Gasteiger partial charge in [-0.25, -0.2) is 14.9 Å². The van der Waals surface area contributed by atoms with E-state index in [2.05, 4.69) is 0 Å². The van der Waals surface area contributed by atoms with Crippen LogP contribution in [0.1, 0.15) is 5.56 Å². The normalized spacial score (nSPS) is 21.4. The van der Waals surface area contributed by atoms with Crippen molar-refractivity contribution in [2.75, 3.05) is 6.54 Å². The smallest absolute Gasteiger partial charge is 0.212 e. The van der Waals surface area contributed by atoms with E-state index in [1.54, 1.807) is 0 Å². The van der Waals surface area contributed by atoms with Crippen molar-refractivity contribution in [1.82, 2.24) is 4.59 Å². The SMILES string of the molecule is N#CC[N+]1([N+](=O)[O-])C(=O)Sc2ccc(C(F)(F)F)cc21. The molecule has 0 N–H and O–H groups in total. The molecule has 0 bridgehead atoms. The Balaban J connectivity index is 2.70. The van der Waals surface area contributed by atoms with Gasteiger partial charge in [0.1, 0.15) is 6.07 Å². The van der Waals surface area contributed by atoms with Crippen molar-refractivity contribution in [3.8, 4) is 6.07 Å². The number of quaternary nitrogens is 1. The molecule has 0 aromatic heterocycles. The molecule has 0 spiro atoms.